The van der Waals surface area contributed by atoms with E-state index < -0.39 is 11.4 Å². The van der Waals surface area contributed by atoms with E-state index in [9.17, 15) is 14.4 Å². The van der Waals surface area contributed by atoms with Gasteiger partial charge < -0.3 is 23.7 Å². The summed E-state index contributed by atoms with van der Waals surface area (Å²) in [5.41, 5.74) is 3.12. The lowest BCUT2D eigenvalue weighted by atomic mass is 9.49. The highest BCUT2D eigenvalue weighted by atomic mass is 16.6. The van der Waals surface area contributed by atoms with E-state index in [1.165, 1.54) is 19.3 Å². The Morgan fingerprint density at radius 1 is 1.02 bits per heavy atom. The van der Waals surface area contributed by atoms with Crippen LogP contribution in [0, 0.1) is 30.1 Å². The number of ether oxygens (including phenoxy) is 5. The minimum atomic E-state index is -0.464. The predicted molar refractivity (Wildman–Crippen MR) is 163 cm³/mol. The van der Waals surface area contributed by atoms with Gasteiger partial charge in [-0.15, -0.1) is 0 Å². The third kappa shape index (κ3) is 6.41. The number of hydrogen-bond acceptors (Lipinski definition) is 9. The van der Waals surface area contributed by atoms with Gasteiger partial charge in [0, 0.05) is 37.2 Å². The summed E-state index contributed by atoms with van der Waals surface area (Å²) in [6.07, 6.45) is 10.4. The Labute approximate surface area is 260 Å². The van der Waals surface area contributed by atoms with Gasteiger partial charge >= 0.3 is 17.9 Å². The van der Waals surface area contributed by atoms with Crippen molar-refractivity contribution in [2.45, 2.75) is 84.7 Å². The lowest BCUT2D eigenvalue weighted by Crippen LogP contribution is -2.51. The summed E-state index contributed by atoms with van der Waals surface area (Å²) in [7, 11) is 1.60. The normalized spacial score (nSPS) is 27.7. The average molecular weight is 610 g/mol. The number of cyclic esters (lactones) is 1. The van der Waals surface area contributed by atoms with E-state index >= 15 is 0 Å². The number of carbonyl (C=O) groups is 3. The zero-order valence-electron chi connectivity index (χ0n) is 26.5. The van der Waals surface area contributed by atoms with E-state index in [2.05, 4.69) is 4.90 Å². The van der Waals surface area contributed by atoms with Crippen molar-refractivity contribution in [3.05, 3.63) is 33.9 Å². The van der Waals surface area contributed by atoms with Crippen molar-refractivity contribution >= 4 is 17.9 Å². The zero-order chi connectivity index (χ0) is 30.8. The van der Waals surface area contributed by atoms with E-state index in [4.69, 9.17) is 23.7 Å². The fourth-order valence-electron chi connectivity index (χ4n) is 8.73. The van der Waals surface area contributed by atoms with Crippen molar-refractivity contribution in [3.63, 3.8) is 0 Å². The Kier molecular flexibility index (Phi) is 9.34. The second-order valence-electron chi connectivity index (χ2n) is 13.8. The predicted octanol–water partition coefficient (Wildman–Crippen LogP) is 5.33. The highest BCUT2D eigenvalue weighted by molar-refractivity contribution is 5.99. The molecule has 7 rings (SSSR count). The van der Waals surface area contributed by atoms with Gasteiger partial charge in [0.2, 0.25) is 0 Å². The van der Waals surface area contributed by atoms with Crippen LogP contribution in [0.4, 0.5) is 0 Å². The van der Waals surface area contributed by atoms with Crippen LogP contribution in [0.1, 0.15) is 91.8 Å². The Bertz CT molecular complexity index is 1270. The molecule has 0 amide bonds. The third-order valence-corrected chi connectivity index (χ3v) is 10.7. The largest absolute Gasteiger partial charge is 0.496 e. The van der Waals surface area contributed by atoms with Gasteiger partial charge in [0.15, 0.2) is 5.75 Å². The van der Waals surface area contributed by atoms with Gasteiger partial charge in [-0.1, -0.05) is 11.6 Å². The first-order valence-corrected chi connectivity index (χ1v) is 16.5. The van der Waals surface area contributed by atoms with Gasteiger partial charge in [-0.2, -0.15) is 0 Å². The van der Waals surface area contributed by atoms with Gasteiger partial charge in [0.1, 0.15) is 17.9 Å². The Hall–Kier alpha value is -2.91. The summed E-state index contributed by atoms with van der Waals surface area (Å²) in [5, 5.41) is 0. The van der Waals surface area contributed by atoms with Crippen molar-refractivity contribution < 1.29 is 38.1 Å². The van der Waals surface area contributed by atoms with E-state index in [1.54, 1.807) is 7.11 Å². The molecule has 9 heteroatoms. The molecule has 0 atom stereocenters. The molecular formula is C35H47NO8. The van der Waals surface area contributed by atoms with Gasteiger partial charge in [0.05, 0.1) is 32.3 Å². The Morgan fingerprint density at radius 2 is 1.70 bits per heavy atom. The summed E-state index contributed by atoms with van der Waals surface area (Å²) < 4.78 is 28.5. The number of nitrogens with zero attached hydrogens (tertiary/aromatic N) is 1. The summed E-state index contributed by atoms with van der Waals surface area (Å²) in [5.74, 6) is 1.81. The molecule has 2 heterocycles. The summed E-state index contributed by atoms with van der Waals surface area (Å²) in [4.78, 5) is 41.8. The van der Waals surface area contributed by atoms with Crippen molar-refractivity contribution in [2.75, 3.05) is 46.6 Å². The van der Waals surface area contributed by atoms with Crippen LogP contribution in [0.2, 0.25) is 0 Å². The minimum Gasteiger partial charge on any atom is -0.496 e. The fourth-order valence-corrected chi connectivity index (χ4v) is 8.73. The third-order valence-electron chi connectivity index (χ3n) is 10.7. The number of benzene rings is 1. The molecule has 1 aromatic carbocycles. The van der Waals surface area contributed by atoms with Crippen molar-refractivity contribution in [1.29, 1.82) is 0 Å². The summed E-state index contributed by atoms with van der Waals surface area (Å²) in [6, 6.07) is 0. The number of carbonyl (C=O) groups excluding carboxylic acids is 3. The molecule has 240 valence electrons. The standard InChI is InChI=1S/C35H47NO8/c1-22(6-8-29(37)42-12-4-9-36-10-13-41-14-11-36)5-7-27-31(40-3)23(2)28-21-43-33(38)30(28)32(27)44-34(39)35-18-24-15-25(19-35)17-26(16-24)20-35/h5,24-26H,4,6-21H2,1-3H3/b22-5+. The molecule has 0 N–H and O–H groups in total. The molecule has 4 bridgehead atoms. The van der Waals surface area contributed by atoms with E-state index in [0.29, 0.717) is 60.5 Å². The lowest BCUT2D eigenvalue weighted by molar-refractivity contribution is -0.161. The minimum absolute atomic E-state index is 0.141. The lowest BCUT2D eigenvalue weighted by Gasteiger charge is -2.55. The number of fused-ring (bicyclic) bond motifs is 1. The maximum Gasteiger partial charge on any atom is 0.342 e. The van der Waals surface area contributed by atoms with Crippen molar-refractivity contribution in [3.8, 4) is 11.5 Å². The number of allylic oxidation sites excluding steroid dienone is 2. The fraction of sp³-hybridized carbons (Fsp3) is 0.686. The smallest absolute Gasteiger partial charge is 0.342 e. The molecule has 0 spiro atoms. The number of morpholine rings is 1. The molecular weight excluding hydrogens is 562 g/mol. The van der Waals surface area contributed by atoms with Crippen LogP contribution < -0.4 is 9.47 Å². The van der Waals surface area contributed by atoms with Crippen LogP contribution in [0.3, 0.4) is 0 Å². The van der Waals surface area contributed by atoms with Gasteiger partial charge in [-0.05, 0) is 95.0 Å². The molecule has 2 aliphatic heterocycles. The van der Waals surface area contributed by atoms with Gasteiger partial charge in [0.25, 0.3) is 0 Å². The SMILES string of the molecule is COc1c(C)c2c(c(OC(=O)C34CC5CC(CC(C5)C3)C4)c1C/C=C(\C)CCC(=O)OCCCN1CCOCC1)C(=O)OC2. The van der Waals surface area contributed by atoms with Crippen LogP contribution in [-0.2, 0) is 36.8 Å². The summed E-state index contributed by atoms with van der Waals surface area (Å²) in [6.45, 7) is 8.74. The first kappa shape index (κ1) is 31.1. The molecule has 4 aliphatic carbocycles. The number of hydrogen-bond donors (Lipinski definition) is 0. The highest BCUT2D eigenvalue weighted by Gasteiger charge is 2.56. The summed E-state index contributed by atoms with van der Waals surface area (Å²) >= 11 is 0. The quantitative estimate of drug-likeness (QED) is 0.135. The van der Waals surface area contributed by atoms with Gasteiger partial charge in [-0.25, -0.2) is 4.79 Å². The Balaban J connectivity index is 1.13. The van der Waals surface area contributed by atoms with Crippen LogP contribution >= 0.6 is 0 Å². The molecule has 1 saturated heterocycles. The van der Waals surface area contributed by atoms with Crippen LogP contribution in [0.5, 0.6) is 11.5 Å². The van der Waals surface area contributed by atoms with Crippen molar-refractivity contribution in [2.24, 2.45) is 23.2 Å². The molecule has 0 unspecified atom stereocenters. The molecule has 5 fully saturated rings. The molecule has 1 aromatic rings. The van der Waals surface area contributed by atoms with Gasteiger partial charge in [-0.3, -0.25) is 14.5 Å². The monoisotopic (exact) mass is 609 g/mol. The second-order valence-corrected chi connectivity index (χ2v) is 13.8. The van der Waals surface area contributed by atoms with Crippen molar-refractivity contribution in [1.82, 2.24) is 4.90 Å². The van der Waals surface area contributed by atoms with Crippen LogP contribution in [0.25, 0.3) is 0 Å². The second kappa shape index (κ2) is 13.2. The Morgan fingerprint density at radius 3 is 2.36 bits per heavy atom. The van der Waals surface area contributed by atoms with Crippen LogP contribution in [0.15, 0.2) is 11.6 Å². The van der Waals surface area contributed by atoms with E-state index in [0.717, 1.165) is 75.2 Å². The average Bonchev–Trinajstić information content (AvgIpc) is 3.40. The van der Waals surface area contributed by atoms with Crippen LogP contribution in [-0.4, -0.2) is 69.4 Å². The first-order valence-electron chi connectivity index (χ1n) is 16.5. The first-order chi connectivity index (χ1) is 21.3. The zero-order valence-corrected chi connectivity index (χ0v) is 26.5. The highest BCUT2D eigenvalue weighted by Crippen LogP contribution is 2.60. The number of methoxy groups -OCH3 is 1. The number of rotatable bonds is 12. The van der Waals surface area contributed by atoms with E-state index in [1.807, 2.05) is 19.9 Å². The maximum atomic E-state index is 14.0. The van der Waals surface area contributed by atoms with E-state index in [-0.39, 0.29) is 24.3 Å². The topological polar surface area (TPSA) is 101 Å². The maximum absolute atomic E-state index is 14.0. The molecule has 0 radical (unpaired) electrons. The molecule has 44 heavy (non-hydrogen) atoms. The molecule has 4 saturated carbocycles. The molecule has 6 aliphatic rings. The molecule has 0 aromatic heterocycles. The number of esters is 3. The molecule has 9 nitrogen and oxygen atoms in total.